The highest BCUT2D eigenvalue weighted by Gasteiger charge is 2.00. The minimum absolute atomic E-state index is 0.00106. The Kier molecular flexibility index (Phi) is 10.8. The summed E-state index contributed by atoms with van der Waals surface area (Å²) in [6.45, 7) is 6.86. The maximum Gasteiger partial charge on any atom is 0.228 e. The van der Waals surface area contributed by atoms with Crippen molar-refractivity contribution < 1.29 is 22.0 Å². The van der Waals surface area contributed by atoms with Crippen LogP contribution < -0.4 is 15.2 Å². The van der Waals surface area contributed by atoms with Gasteiger partial charge in [-0.1, -0.05) is 5.16 Å². The van der Waals surface area contributed by atoms with Gasteiger partial charge in [0.15, 0.2) is 0 Å². The summed E-state index contributed by atoms with van der Waals surface area (Å²) in [7, 11) is -6.26. The molecule has 0 amide bonds. The van der Waals surface area contributed by atoms with E-state index in [0.717, 1.165) is 12.5 Å². The third-order valence-corrected chi connectivity index (χ3v) is 2.92. The quantitative estimate of drug-likeness (QED) is 0.107. The molecule has 20 heavy (non-hydrogen) atoms. The Morgan fingerprint density at radius 1 is 1.20 bits per heavy atom. The highest BCUT2D eigenvalue weighted by molar-refractivity contribution is 7.89. The summed E-state index contributed by atoms with van der Waals surface area (Å²) in [6.07, 6.45) is 2.31. The molecule has 5 N–H and O–H groups in total. The standard InChI is InChI=1S/C4H11N3O3S.C4H8N2O2S/c1-11(9,10)6-3-2-4(5)7-8;1-5-3-4-6-9(2,7)8/h6,8H,2-3H2,1H3,(H2,5,7);6H,3-4H2,2H3. The van der Waals surface area contributed by atoms with Crippen molar-refractivity contribution in [1.82, 2.24) is 9.44 Å². The van der Waals surface area contributed by atoms with Crippen LogP contribution in [0.1, 0.15) is 6.42 Å². The lowest BCUT2D eigenvalue weighted by molar-refractivity contribution is 0.317. The maximum absolute atomic E-state index is 10.4. The third kappa shape index (κ3) is 21.8. The van der Waals surface area contributed by atoms with Crippen molar-refractivity contribution >= 4 is 25.9 Å². The number of nitrogens with zero attached hydrogens (tertiary/aromatic N) is 2. The van der Waals surface area contributed by atoms with E-state index in [1.165, 1.54) is 0 Å². The van der Waals surface area contributed by atoms with E-state index in [1.807, 2.05) is 0 Å². The molecule has 0 atom stereocenters. The molecule has 0 aromatic carbocycles. The van der Waals surface area contributed by atoms with E-state index in [2.05, 4.69) is 19.4 Å². The van der Waals surface area contributed by atoms with Gasteiger partial charge in [-0.2, -0.15) is 0 Å². The van der Waals surface area contributed by atoms with Crippen molar-refractivity contribution in [3.8, 4) is 0 Å². The largest absolute Gasteiger partial charge is 0.409 e. The number of hydrogen-bond donors (Lipinski definition) is 4. The van der Waals surface area contributed by atoms with Crippen LogP contribution in [0.2, 0.25) is 0 Å². The molecular weight excluding hydrogens is 310 g/mol. The van der Waals surface area contributed by atoms with Gasteiger partial charge < -0.3 is 15.8 Å². The third-order valence-electron chi connectivity index (χ3n) is 1.46. The number of hydrogen-bond acceptors (Lipinski definition) is 6. The first-order chi connectivity index (χ1) is 9.02. The summed E-state index contributed by atoms with van der Waals surface area (Å²) in [4.78, 5) is 2.96. The SMILES string of the molecule is CS(=O)(=O)NCC/C(N)=N/O.[C-]#[N+]CCNS(C)(=O)=O. The minimum Gasteiger partial charge on any atom is -0.409 e. The van der Waals surface area contributed by atoms with Gasteiger partial charge in [-0.25, -0.2) is 32.9 Å². The minimum atomic E-state index is -3.17. The average Bonchev–Trinajstić information content (AvgIpc) is 2.26. The van der Waals surface area contributed by atoms with Gasteiger partial charge >= 0.3 is 0 Å². The zero-order valence-electron chi connectivity index (χ0n) is 11.2. The van der Waals surface area contributed by atoms with E-state index in [-0.39, 0.29) is 31.9 Å². The van der Waals surface area contributed by atoms with E-state index in [1.54, 1.807) is 0 Å². The zero-order chi connectivity index (χ0) is 16.2. The number of amidine groups is 1. The number of rotatable bonds is 7. The molecule has 0 heterocycles. The monoisotopic (exact) mass is 329 g/mol. The number of nitrogens with one attached hydrogen (secondary N) is 2. The van der Waals surface area contributed by atoms with Crippen molar-refractivity contribution in [2.24, 2.45) is 10.9 Å². The van der Waals surface area contributed by atoms with Crippen LogP contribution >= 0.6 is 0 Å². The van der Waals surface area contributed by atoms with Crippen LogP contribution in [-0.4, -0.2) is 60.0 Å². The maximum atomic E-state index is 10.4. The van der Waals surface area contributed by atoms with Gasteiger partial charge in [0, 0.05) is 13.0 Å². The highest BCUT2D eigenvalue weighted by atomic mass is 32.2. The number of sulfonamides is 2. The molecule has 0 rings (SSSR count). The summed E-state index contributed by atoms with van der Waals surface area (Å²) < 4.78 is 45.8. The Hall–Kier alpha value is -1.42. The molecule has 0 aliphatic carbocycles. The lowest BCUT2D eigenvalue weighted by atomic mass is 10.4. The van der Waals surface area contributed by atoms with Crippen LogP contribution in [0.3, 0.4) is 0 Å². The van der Waals surface area contributed by atoms with Gasteiger partial charge in [-0.3, -0.25) is 0 Å². The second kappa shape index (κ2) is 10.4. The first kappa shape index (κ1) is 20.9. The van der Waals surface area contributed by atoms with Gasteiger partial charge in [-0.15, -0.1) is 0 Å². The fourth-order valence-corrected chi connectivity index (χ4v) is 1.64. The molecule has 0 saturated carbocycles. The summed E-state index contributed by atoms with van der Waals surface area (Å²) >= 11 is 0. The van der Waals surface area contributed by atoms with Gasteiger partial charge in [0.1, 0.15) is 5.84 Å². The summed E-state index contributed by atoms with van der Waals surface area (Å²) in [6, 6.07) is 0. The average molecular weight is 329 g/mol. The molecule has 10 nitrogen and oxygen atoms in total. The molecule has 0 saturated heterocycles. The predicted molar refractivity (Wildman–Crippen MR) is 75.2 cm³/mol. The normalized spacial score (nSPS) is 12.2. The predicted octanol–water partition coefficient (Wildman–Crippen LogP) is -1.87. The van der Waals surface area contributed by atoms with Crippen molar-refractivity contribution in [2.75, 3.05) is 32.1 Å². The first-order valence-corrected chi connectivity index (χ1v) is 8.99. The fraction of sp³-hybridized carbons (Fsp3) is 0.750. The molecule has 0 spiro atoms. The van der Waals surface area contributed by atoms with Gasteiger partial charge in [0.25, 0.3) is 0 Å². The molecule has 118 valence electrons. The first-order valence-electron chi connectivity index (χ1n) is 5.20. The summed E-state index contributed by atoms with van der Waals surface area (Å²) in [5, 5.41) is 10.7. The van der Waals surface area contributed by atoms with Crippen LogP contribution in [0.5, 0.6) is 0 Å². The molecule has 0 radical (unpaired) electrons. The Balaban J connectivity index is 0. The van der Waals surface area contributed by atoms with Crippen LogP contribution in [-0.2, 0) is 20.0 Å². The van der Waals surface area contributed by atoms with Gasteiger partial charge in [-0.05, 0) is 0 Å². The lowest BCUT2D eigenvalue weighted by Gasteiger charge is -1.99. The molecule has 0 aliphatic rings. The summed E-state index contributed by atoms with van der Waals surface area (Å²) in [5.41, 5.74) is 5.07. The Labute approximate surface area is 119 Å². The fourth-order valence-electron chi connectivity index (χ4n) is 0.701. The van der Waals surface area contributed by atoms with E-state index in [9.17, 15) is 16.8 Å². The molecule has 0 aliphatic heterocycles. The topological polar surface area (TPSA) is 155 Å². The smallest absolute Gasteiger partial charge is 0.228 e. The molecule has 0 bridgehead atoms. The van der Waals surface area contributed by atoms with Crippen molar-refractivity contribution in [2.45, 2.75) is 6.42 Å². The van der Waals surface area contributed by atoms with Crippen LogP contribution in [0, 0.1) is 6.57 Å². The highest BCUT2D eigenvalue weighted by Crippen LogP contribution is 1.79. The zero-order valence-corrected chi connectivity index (χ0v) is 12.8. The van der Waals surface area contributed by atoms with Crippen LogP contribution in [0.25, 0.3) is 4.85 Å². The number of nitrogens with two attached hydrogens (primary N) is 1. The van der Waals surface area contributed by atoms with E-state index >= 15 is 0 Å². The Morgan fingerprint density at radius 3 is 2.00 bits per heavy atom. The number of oxime groups is 1. The van der Waals surface area contributed by atoms with E-state index < -0.39 is 20.0 Å². The Bertz CT molecular complexity index is 534. The van der Waals surface area contributed by atoms with Gasteiger partial charge in [0.05, 0.1) is 19.1 Å². The van der Waals surface area contributed by atoms with E-state index in [0.29, 0.717) is 0 Å². The lowest BCUT2D eigenvalue weighted by Crippen LogP contribution is -2.26. The second-order valence-electron chi connectivity index (χ2n) is 3.56. The molecule has 0 aromatic heterocycles. The van der Waals surface area contributed by atoms with Gasteiger partial charge in [0.2, 0.25) is 26.6 Å². The summed E-state index contributed by atoms with van der Waals surface area (Å²) in [5.74, 6) is 0.00106. The Morgan fingerprint density at radius 2 is 1.65 bits per heavy atom. The molecular formula is C8H19N5O5S2. The molecule has 0 aromatic rings. The van der Waals surface area contributed by atoms with Crippen molar-refractivity contribution in [3.05, 3.63) is 11.4 Å². The van der Waals surface area contributed by atoms with E-state index in [4.69, 9.17) is 17.5 Å². The van der Waals surface area contributed by atoms with Crippen molar-refractivity contribution in [3.63, 3.8) is 0 Å². The van der Waals surface area contributed by atoms with Crippen molar-refractivity contribution in [1.29, 1.82) is 0 Å². The molecule has 0 unspecified atom stereocenters. The second-order valence-corrected chi connectivity index (χ2v) is 7.22. The molecule has 0 fully saturated rings. The molecule has 12 heteroatoms. The van der Waals surface area contributed by atoms with Crippen LogP contribution in [0.15, 0.2) is 5.16 Å². The van der Waals surface area contributed by atoms with Crippen LogP contribution in [0.4, 0.5) is 0 Å².